The molecule has 0 saturated carbocycles. The minimum Gasteiger partial charge on any atom is -0.449 e. The molecule has 1 saturated heterocycles. The second-order valence-corrected chi connectivity index (χ2v) is 8.77. The highest BCUT2D eigenvalue weighted by Gasteiger charge is 2.28. The van der Waals surface area contributed by atoms with Gasteiger partial charge in [0.1, 0.15) is 0 Å². The number of amides is 2. The summed E-state index contributed by atoms with van der Waals surface area (Å²) in [6.07, 6.45) is 2.03. The summed E-state index contributed by atoms with van der Waals surface area (Å²) < 4.78 is 5.46. The summed E-state index contributed by atoms with van der Waals surface area (Å²) in [5, 5.41) is 0. The van der Waals surface area contributed by atoms with Crippen molar-refractivity contribution < 1.29 is 19.1 Å². The lowest BCUT2D eigenvalue weighted by Gasteiger charge is -2.33. The summed E-state index contributed by atoms with van der Waals surface area (Å²) >= 11 is 1.18. The molecular formula is C24H28N2O4S. The first-order chi connectivity index (χ1) is 14.9. The molecule has 1 unspecified atom stereocenters. The Labute approximate surface area is 187 Å². The molecule has 2 N–H and O–H groups in total. The van der Waals surface area contributed by atoms with Crippen molar-refractivity contribution in [2.75, 3.05) is 18.8 Å². The van der Waals surface area contributed by atoms with Crippen LogP contribution in [0.1, 0.15) is 35.7 Å². The van der Waals surface area contributed by atoms with E-state index in [1.54, 1.807) is 36.1 Å². The van der Waals surface area contributed by atoms with Crippen LogP contribution in [0.15, 0.2) is 59.5 Å². The van der Waals surface area contributed by atoms with Crippen LogP contribution in [0.2, 0.25) is 0 Å². The molecule has 164 valence electrons. The molecule has 31 heavy (non-hydrogen) atoms. The van der Waals surface area contributed by atoms with Gasteiger partial charge in [-0.25, -0.2) is 4.79 Å². The van der Waals surface area contributed by atoms with Gasteiger partial charge in [-0.05, 0) is 49.8 Å². The second-order valence-electron chi connectivity index (χ2n) is 7.76. The van der Waals surface area contributed by atoms with E-state index < -0.39 is 18.0 Å². The molecule has 1 heterocycles. The molecule has 6 nitrogen and oxygen atoms in total. The number of primary amides is 1. The molecule has 1 aliphatic heterocycles. The Morgan fingerprint density at radius 3 is 2.39 bits per heavy atom. The molecule has 3 rings (SSSR count). The number of hydrogen-bond donors (Lipinski definition) is 1. The number of ether oxygens (including phenoxy) is 1. The van der Waals surface area contributed by atoms with Crippen LogP contribution in [0.25, 0.3) is 0 Å². The predicted molar refractivity (Wildman–Crippen MR) is 121 cm³/mol. The van der Waals surface area contributed by atoms with Gasteiger partial charge in [-0.15, -0.1) is 11.8 Å². The lowest BCUT2D eigenvalue weighted by Crippen LogP contribution is -2.44. The number of carbonyl (C=O) groups excluding carboxylic acids is 3. The Bertz CT molecular complexity index is 911. The van der Waals surface area contributed by atoms with Crippen LogP contribution in [-0.4, -0.2) is 47.6 Å². The van der Waals surface area contributed by atoms with Gasteiger partial charge in [0.15, 0.2) is 6.10 Å². The van der Waals surface area contributed by atoms with Gasteiger partial charge < -0.3 is 15.4 Å². The van der Waals surface area contributed by atoms with Crippen LogP contribution >= 0.6 is 11.8 Å². The lowest BCUT2D eigenvalue weighted by atomic mass is 9.90. The van der Waals surface area contributed by atoms with E-state index in [1.165, 1.54) is 17.3 Å². The third kappa shape index (κ3) is 6.59. The fraction of sp³-hybridized carbons (Fsp3) is 0.375. The van der Waals surface area contributed by atoms with E-state index in [9.17, 15) is 14.4 Å². The van der Waals surface area contributed by atoms with Crippen molar-refractivity contribution in [1.29, 1.82) is 0 Å². The maximum atomic E-state index is 12.8. The number of benzene rings is 2. The SMILES string of the molecule is CC(OC(=O)c1ccccc1SCC(N)=O)C(=O)N1CCC(Cc2ccccc2)CC1. The maximum absolute atomic E-state index is 12.8. The number of piperidine rings is 1. The Morgan fingerprint density at radius 1 is 1.06 bits per heavy atom. The van der Waals surface area contributed by atoms with Crippen LogP contribution in [0.4, 0.5) is 0 Å². The normalized spacial score (nSPS) is 15.3. The Hall–Kier alpha value is -2.80. The highest BCUT2D eigenvalue weighted by atomic mass is 32.2. The van der Waals surface area contributed by atoms with Crippen molar-refractivity contribution in [1.82, 2.24) is 4.90 Å². The van der Waals surface area contributed by atoms with Gasteiger partial charge in [0.05, 0.1) is 11.3 Å². The van der Waals surface area contributed by atoms with Crippen LogP contribution < -0.4 is 5.73 Å². The molecule has 1 aliphatic rings. The quantitative estimate of drug-likeness (QED) is 0.503. The molecule has 7 heteroatoms. The molecule has 0 radical (unpaired) electrons. The molecule has 0 spiro atoms. The summed E-state index contributed by atoms with van der Waals surface area (Å²) in [5.41, 5.74) is 6.85. The molecule has 2 aromatic rings. The summed E-state index contributed by atoms with van der Waals surface area (Å²) in [5.74, 6) is -0.594. The zero-order chi connectivity index (χ0) is 22.2. The van der Waals surface area contributed by atoms with E-state index in [0.717, 1.165) is 19.3 Å². The van der Waals surface area contributed by atoms with Gasteiger partial charge in [0, 0.05) is 18.0 Å². The smallest absolute Gasteiger partial charge is 0.340 e. The van der Waals surface area contributed by atoms with E-state index in [-0.39, 0.29) is 11.7 Å². The van der Waals surface area contributed by atoms with Crippen LogP contribution in [0.5, 0.6) is 0 Å². The van der Waals surface area contributed by atoms with Gasteiger partial charge in [-0.3, -0.25) is 9.59 Å². The average molecular weight is 441 g/mol. The zero-order valence-electron chi connectivity index (χ0n) is 17.7. The molecule has 2 amide bonds. The van der Waals surface area contributed by atoms with Crippen molar-refractivity contribution in [3.8, 4) is 0 Å². The van der Waals surface area contributed by atoms with Crippen LogP contribution in [0.3, 0.4) is 0 Å². The predicted octanol–water partition coefficient (Wildman–Crippen LogP) is 3.29. The van der Waals surface area contributed by atoms with Crippen molar-refractivity contribution in [3.63, 3.8) is 0 Å². The second kappa shape index (κ2) is 11.0. The van der Waals surface area contributed by atoms with Crippen LogP contribution in [-0.2, 0) is 20.7 Å². The molecule has 2 aromatic carbocycles. The molecule has 0 aromatic heterocycles. The van der Waals surface area contributed by atoms with Gasteiger partial charge in [0.25, 0.3) is 5.91 Å². The standard InChI is InChI=1S/C24H28N2O4S/c1-17(30-24(29)20-9-5-6-10-21(20)31-16-22(25)27)23(28)26-13-11-19(12-14-26)15-18-7-3-2-4-8-18/h2-10,17,19H,11-16H2,1H3,(H2,25,27). The Balaban J connectivity index is 1.52. The third-order valence-electron chi connectivity index (χ3n) is 5.40. The lowest BCUT2D eigenvalue weighted by molar-refractivity contribution is -0.141. The molecule has 1 atom stereocenters. The summed E-state index contributed by atoms with van der Waals surface area (Å²) in [4.78, 5) is 38.9. The summed E-state index contributed by atoms with van der Waals surface area (Å²) in [6.45, 7) is 2.95. The number of rotatable bonds is 8. The largest absolute Gasteiger partial charge is 0.449 e. The maximum Gasteiger partial charge on any atom is 0.340 e. The molecule has 0 aliphatic carbocycles. The number of nitrogens with zero attached hydrogens (tertiary/aromatic N) is 1. The first-order valence-corrected chi connectivity index (χ1v) is 11.5. The number of nitrogens with two attached hydrogens (primary N) is 1. The highest BCUT2D eigenvalue weighted by molar-refractivity contribution is 8.00. The molecule has 0 bridgehead atoms. The topological polar surface area (TPSA) is 89.7 Å². The van der Waals surface area contributed by atoms with E-state index in [1.807, 2.05) is 6.07 Å². The Morgan fingerprint density at radius 2 is 1.71 bits per heavy atom. The minimum absolute atomic E-state index is 0.0662. The number of esters is 1. The van der Waals surface area contributed by atoms with Crippen molar-refractivity contribution in [2.45, 2.75) is 37.2 Å². The van der Waals surface area contributed by atoms with Crippen LogP contribution in [0, 0.1) is 5.92 Å². The molecular weight excluding hydrogens is 412 g/mol. The fourth-order valence-corrected chi connectivity index (χ4v) is 4.53. The summed E-state index contributed by atoms with van der Waals surface area (Å²) in [6, 6.07) is 17.2. The van der Waals surface area contributed by atoms with E-state index in [2.05, 4.69) is 24.3 Å². The van der Waals surface area contributed by atoms with Gasteiger partial charge in [0.2, 0.25) is 5.91 Å². The van der Waals surface area contributed by atoms with Crippen molar-refractivity contribution in [3.05, 3.63) is 65.7 Å². The van der Waals surface area contributed by atoms with E-state index >= 15 is 0 Å². The van der Waals surface area contributed by atoms with Gasteiger partial charge in [-0.1, -0.05) is 42.5 Å². The van der Waals surface area contributed by atoms with Crippen molar-refractivity contribution in [2.24, 2.45) is 11.7 Å². The first-order valence-electron chi connectivity index (χ1n) is 10.5. The first kappa shape index (κ1) is 22.9. The van der Waals surface area contributed by atoms with E-state index in [0.29, 0.717) is 29.5 Å². The number of likely N-dealkylation sites (tertiary alicyclic amines) is 1. The van der Waals surface area contributed by atoms with Gasteiger partial charge >= 0.3 is 5.97 Å². The average Bonchev–Trinajstić information content (AvgIpc) is 2.78. The highest BCUT2D eigenvalue weighted by Crippen LogP contribution is 2.25. The zero-order valence-corrected chi connectivity index (χ0v) is 18.5. The fourth-order valence-electron chi connectivity index (χ4n) is 3.75. The van der Waals surface area contributed by atoms with E-state index in [4.69, 9.17) is 10.5 Å². The summed E-state index contributed by atoms with van der Waals surface area (Å²) in [7, 11) is 0. The number of hydrogen-bond acceptors (Lipinski definition) is 5. The van der Waals surface area contributed by atoms with Gasteiger partial charge in [-0.2, -0.15) is 0 Å². The number of thioether (sulfide) groups is 1. The van der Waals surface area contributed by atoms with Crippen molar-refractivity contribution >= 4 is 29.5 Å². The minimum atomic E-state index is -0.868. The Kier molecular flexibility index (Phi) is 8.12. The monoisotopic (exact) mass is 440 g/mol. The molecule has 1 fully saturated rings. The number of carbonyl (C=O) groups is 3. The third-order valence-corrected chi connectivity index (χ3v) is 6.50.